The second kappa shape index (κ2) is 7.50. The summed E-state index contributed by atoms with van der Waals surface area (Å²) in [7, 11) is 0. The Hall–Kier alpha value is -1.32. The monoisotopic (exact) mass is 314 g/mol. The molecule has 1 fully saturated rings. The average Bonchev–Trinajstić information content (AvgIpc) is 2.96. The van der Waals surface area contributed by atoms with Crippen molar-refractivity contribution in [3.63, 3.8) is 0 Å². The fourth-order valence-electron chi connectivity index (χ4n) is 4.09. The van der Waals surface area contributed by atoms with Gasteiger partial charge in [-0.1, -0.05) is 31.5 Å². The molecule has 0 aliphatic carbocycles. The second-order valence-corrected chi connectivity index (χ2v) is 6.99. The van der Waals surface area contributed by atoms with Gasteiger partial charge in [0.1, 0.15) is 0 Å². The lowest BCUT2D eigenvalue weighted by molar-refractivity contribution is 0.164. The number of benzene rings is 1. The van der Waals surface area contributed by atoms with Crippen molar-refractivity contribution in [1.29, 1.82) is 0 Å². The molecule has 1 atom stereocenters. The van der Waals surface area contributed by atoms with Crippen molar-refractivity contribution in [2.45, 2.75) is 51.5 Å². The lowest BCUT2D eigenvalue weighted by Gasteiger charge is -2.31. The highest BCUT2D eigenvalue weighted by Crippen LogP contribution is 2.36. The zero-order valence-corrected chi connectivity index (χ0v) is 14.5. The van der Waals surface area contributed by atoms with Crippen LogP contribution in [0.1, 0.15) is 57.1 Å². The molecule has 0 bridgehead atoms. The van der Waals surface area contributed by atoms with Crippen LogP contribution in [-0.2, 0) is 0 Å². The summed E-state index contributed by atoms with van der Waals surface area (Å²) in [6, 6.07) is 9.45. The van der Waals surface area contributed by atoms with E-state index < -0.39 is 0 Å². The van der Waals surface area contributed by atoms with Gasteiger partial charge in [-0.3, -0.25) is 0 Å². The summed E-state index contributed by atoms with van der Waals surface area (Å²) in [6.07, 6.45) is 7.29. The van der Waals surface area contributed by atoms with Gasteiger partial charge in [0.25, 0.3) is 0 Å². The van der Waals surface area contributed by atoms with Crippen LogP contribution in [0.3, 0.4) is 0 Å². The normalized spacial score (nSPS) is 18.6. The quantitative estimate of drug-likeness (QED) is 0.866. The van der Waals surface area contributed by atoms with E-state index in [4.69, 9.17) is 5.11 Å². The van der Waals surface area contributed by atoms with Crippen molar-refractivity contribution in [2.24, 2.45) is 0 Å². The minimum absolute atomic E-state index is 0.276. The highest BCUT2D eigenvalue weighted by atomic mass is 16.3. The number of aromatic nitrogens is 1. The van der Waals surface area contributed by atoms with Gasteiger partial charge in [0, 0.05) is 29.7 Å². The van der Waals surface area contributed by atoms with Crippen molar-refractivity contribution < 1.29 is 5.11 Å². The average molecular weight is 314 g/mol. The number of para-hydroxylation sites is 1. The molecule has 0 radical (unpaired) electrons. The van der Waals surface area contributed by atoms with E-state index >= 15 is 0 Å². The fraction of sp³-hybridized carbons (Fsp3) is 0.600. The predicted molar refractivity (Wildman–Crippen MR) is 97.1 cm³/mol. The molecule has 1 aromatic heterocycles. The van der Waals surface area contributed by atoms with Gasteiger partial charge in [-0.15, -0.1) is 0 Å². The van der Waals surface area contributed by atoms with Crippen molar-refractivity contribution in [2.75, 3.05) is 26.2 Å². The highest BCUT2D eigenvalue weighted by Gasteiger charge is 2.24. The summed E-state index contributed by atoms with van der Waals surface area (Å²) in [5.74, 6) is 0.657. The first-order valence-electron chi connectivity index (χ1n) is 9.17. The number of rotatable bonds is 6. The van der Waals surface area contributed by atoms with E-state index in [0.717, 1.165) is 19.6 Å². The van der Waals surface area contributed by atoms with E-state index in [9.17, 15) is 0 Å². The number of β-amino-alcohol motifs (C(OH)–C–C–N with tert-alkyl or cyclic N) is 1. The third-order valence-corrected chi connectivity index (χ3v) is 5.40. The van der Waals surface area contributed by atoms with E-state index in [-0.39, 0.29) is 6.61 Å². The van der Waals surface area contributed by atoms with Crippen LogP contribution in [0.2, 0.25) is 0 Å². The first-order valence-corrected chi connectivity index (χ1v) is 9.17. The van der Waals surface area contributed by atoms with Crippen molar-refractivity contribution in [3.8, 4) is 0 Å². The Labute approximate surface area is 139 Å². The second-order valence-electron chi connectivity index (χ2n) is 6.99. The molecule has 23 heavy (non-hydrogen) atoms. The molecule has 3 nitrogen and oxygen atoms in total. The van der Waals surface area contributed by atoms with Crippen LogP contribution in [0.4, 0.5) is 0 Å². The molecular formula is C20H30N2O. The predicted octanol–water partition coefficient (Wildman–Crippen LogP) is 4.17. The summed E-state index contributed by atoms with van der Waals surface area (Å²) < 4.78 is 2.49. The van der Waals surface area contributed by atoms with Crippen LogP contribution in [-0.4, -0.2) is 40.8 Å². The number of hydrogen-bond donors (Lipinski definition) is 1. The number of hydrogen-bond acceptors (Lipinski definition) is 2. The Morgan fingerprint density at radius 3 is 2.65 bits per heavy atom. The molecule has 3 rings (SSSR count). The molecule has 2 heterocycles. The molecule has 0 spiro atoms. The zero-order valence-electron chi connectivity index (χ0n) is 14.5. The molecule has 1 aromatic carbocycles. The summed E-state index contributed by atoms with van der Waals surface area (Å²) in [5, 5.41) is 10.6. The summed E-state index contributed by atoms with van der Waals surface area (Å²) in [5.41, 5.74) is 2.92. The third kappa shape index (κ3) is 3.46. The number of aliphatic hydroxyl groups is 1. The largest absolute Gasteiger partial charge is 0.395 e. The van der Waals surface area contributed by atoms with E-state index in [1.165, 1.54) is 42.1 Å². The maximum atomic E-state index is 9.11. The minimum Gasteiger partial charge on any atom is -0.395 e. The molecule has 1 aliphatic heterocycles. The Morgan fingerprint density at radius 2 is 1.96 bits per heavy atom. The standard InChI is InChI=1S/C20H30N2O/c1-3-6-16(2)22-15-19(18-7-4-5-8-20(18)22)17-9-11-21(12-10-17)13-14-23/h4-5,7-8,15-17,23H,3,6,9-14H2,1-2H3. The van der Waals surface area contributed by atoms with Crippen LogP contribution in [0.5, 0.6) is 0 Å². The lowest BCUT2D eigenvalue weighted by Crippen LogP contribution is -2.34. The Bertz CT molecular complexity index is 626. The summed E-state index contributed by atoms with van der Waals surface area (Å²) in [6.45, 7) is 7.91. The molecule has 0 amide bonds. The summed E-state index contributed by atoms with van der Waals surface area (Å²) >= 11 is 0. The summed E-state index contributed by atoms with van der Waals surface area (Å²) in [4.78, 5) is 2.38. The molecule has 1 unspecified atom stereocenters. The Balaban J connectivity index is 1.87. The van der Waals surface area contributed by atoms with Gasteiger partial charge in [0.2, 0.25) is 0 Å². The number of likely N-dealkylation sites (tertiary alicyclic amines) is 1. The van der Waals surface area contributed by atoms with Crippen LogP contribution >= 0.6 is 0 Å². The molecule has 3 heteroatoms. The molecule has 1 N–H and O–H groups in total. The van der Waals surface area contributed by atoms with E-state index in [0.29, 0.717) is 12.0 Å². The fourth-order valence-corrected chi connectivity index (χ4v) is 4.09. The number of aliphatic hydroxyl groups excluding tert-OH is 1. The van der Waals surface area contributed by atoms with Gasteiger partial charge >= 0.3 is 0 Å². The van der Waals surface area contributed by atoms with Gasteiger partial charge in [0.05, 0.1) is 6.61 Å². The van der Waals surface area contributed by atoms with Crippen LogP contribution in [0.25, 0.3) is 10.9 Å². The Kier molecular flexibility index (Phi) is 5.39. The van der Waals surface area contributed by atoms with E-state index in [1.54, 1.807) is 0 Å². The van der Waals surface area contributed by atoms with Crippen molar-refractivity contribution >= 4 is 10.9 Å². The molecular weight excluding hydrogens is 284 g/mol. The first kappa shape index (κ1) is 16.5. The van der Waals surface area contributed by atoms with Crippen molar-refractivity contribution in [1.82, 2.24) is 9.47 Å². The van der Waals surface area contributed by atoms with Gasteiger partial charge in [-0.2, -0.15) is 0 Å². The van der Waals surface area contributed by atoms with Crippen LogP contribution < -0.4 is 0 Å². The molecule has 0 saturated carbocycles. The van der Waals surface area contributed by atoms with E-state index in [2.05, 4.69) is 53.8 Å². The molecule has 2 aromatic rings. The molecule has 1 saturated heterocycles. The van der Waals surface area contributed by atoms with Crippen LogP contribution in [0.15, 0.2) is 30.5 Å². The molecule has 126 valence electrons. The minimum atomic E-state index is 0.276. The lowest BCUT2D eigenvalue weighted by atomic mass is 9.89. The smallest absolute Gasteiger partial charge is 0.0558 e. The highest BCUT2D eigenvalue weighted by molar-refractivity contribution is 5.84. The first-order chi connectivity index (χ1) is 11.2. The third-order valence-electron chi connectivity index (χ3n) is 5.40. The van der Waals surface area contributed by atoms with Gasteiger partial charge in [0.15, 0.2) is 0 Å². The Morgan fingerprint density at radius 1 is 1.22 bits per heavy atom. The van der Waals surface area contributed by atoms with Crippen molar-refractivity contribution in [3.05, 3.63) is 36.0 Å². The SMILES string of the molecule is CCCC(C)n1cc(C2CCN(CCO)CC2)c2ccccc21. The van der Waals surface area contributed by atoms with Gasteiger partial charge in [-0.25, -0.2) is 0 Å². The number of fused-ring (bicyclic) bond motifs is 1. The number of piperidine rings is 1. The van der Waals surface area contributed by atoms with E-state index in [1.807, 2.05) is 0 Å². The zero-order chi connectivity index (χ0) is 16.2. The maximum Gasteiger partial charge on any atom is 0.0558 e. The maximum absolute atomic E-state index is 9.11. The van der Waals surface area contributed by atoms with Crippen LogP contribution in [0, 0.1) is 0 Å². The number of nitrogens with zero attached hydrogens (tertiary/aromatic N) is 2. The van der Waals surface area contributed by atoms with Gasteiger partial charge < -0.3 is 14.6 Å². The topological polar surface area (TPSA) is 28.4 Å². The van der Waals surface area contributed by atoms with Gasteiger partial charge in [-0.05, 0) is 56.8 Å². The molecule has 1 aliphatic rings.